The molecular formula is C18H19N5O. The van der Waals surface area contributed by atoms with Gasteiger partial charge in [-0.05, 0) is 35.9 Å². The second kappa shape index (κ2) is 7.47. The lowest BCUT2D eigenvalue weighted by molar-refractivity contribution is 0.194. The van der Waals surface area contributed by atoms with E-state index in [0.717, 1.165) is 24.3 Å². The maximum atomic E-state index is 12.2. The highest BCUT2D eigenvalue weighted by atomic mass is 16.2. The lowest BCUT2D eigenvalue weighted by Gasteiger charge is -2.36. The summed E-state index contributed by atoms with van der Waals surface area (Å²) in [6.45, 7) is 3.42. The summed E-state index contributed by atoms with van der Waals surface area (Å²) in [7, 11) is 0. The molecule has 1 saturated heterocycles. The van der Waals surface area contributed by atoms with Crippen LogP contribution >= 0.6 is 0 Å². The first-order chi connectivity index (χ1) is 11.8. The number of piperazine rings is 1. The molecule has 0 atom stereocenters. The number of carbonyl (C=O) groups excluding carboxylic acids is 1. The van der Waals surface area contributed by atoms with Crippen molar-refractivity contribution in [2.75, 3.05) is 31.1 Å². The third kappa shape index (κ3) is 3.82. The highest BCUT2D eigenvalue weighted by molar-refractivity contribution is 5.74. The topological polar surface area (TPSA) is 72.3 Å². The van der Waals surface area contributed by atoms with Gasteiger partial charge in [0.25, 0.3) is 0 Å². The number of nitrogens with one attached hydrogen (secondary N) is 1. The first-order valence-corrected chi connectivity index (χ1v) is 7.93. The zero-order valence-corrected chi connectivity index (χ0v) is 13.4. The van der Waals surface area contributed by atoms with Gasteiger partial charge in [0.05, 0.1) is 11.6 Å². The molecule has 1 aliphatic heterocycles. The fourth-order valence-corrected chi connectivity index (χ4v) is 2.71. The molecule has 0 saturated carbocycles. The third-order valence-electron chi connectivity index (χ3n) is 4.09. The van der Waals surface area contributed by atoms with Gasteiger partial charge in [-0.25, -0.2) is 4.79 Å². The Kier molecular flexibility index (Phi) is 4.92. The average molecular weight is 321 g/mol. The molecule has 0 aliphatic carbocycles. The third-order valence-corrected chi connectivity index (χ3v) is 4.09. The van der Waals surface area contributed by atoms with Crippen LogP contribution in [-0.4, -0.2) is 42.1 Å². The molecule has 6 nitrogen and oxygen atoms in total. The minimum Gasteiger partial charge on any atom is -0.368 e. The van der Waals surface area contributed by atoms with E-state index < -0.39 is 0 Å². The van der Waals surface area contributed by atoms with E-state index in [-0.39, 0.29) is 6.03 Å². The van der Waals surface area contributed by atoms with Gasteiger partial charge in [-0.3, -0.25) is 4.98 Å². The Balaban J connectivity index is 1.49. The van der Waals surface area contributed by atoms with Crippen molar-refractivity contribution >= 4 is 11.7 Å². The number of aromatic nitrogens is 1. The van der Waals surface area contributed by atoms with E-state index in [1.54, 1.807) is 12.4 Å². The van der Waals surface area contributed by atoms with Crippen LogP contribution in [0, 0.1) is 11.3 Å². The van der Waals surface area contributed by atoms with Crippen LogP contribution in [0.15, 0.2) is 48.8 Å². The van der Waals surface area contributed by atoms with Crippen LogP contribution in [0.5, 0.6) is 0 Å². The molecule has 2 amide bonds. The van der Waals surface area contributed by atoms with Crippen molar-refractivity contribution < 1.29 is 4.79 Å². The second-order valence-corrected chi connectivity index (χ2v) is 5.65. The molecule has 1 fully saturated rings. The number of amides is 2. The van der Waals surface area contributed by atoms with Crippen LogP contribution in [0.25, 0.3) is 0 Å². The zero-order chi connectivity index (χ0) is 16.8. The quantitative estimate of drug-likeness (QED) is 0.938. The van der Waals surface area contributed by atoms with Crippen LogP contribution in [0.1, 0.15) is 11.1 Å². The molecule has 0 spiro atoms. The molecule has 0 radical (unpaired) electrons. The predicted molar refractivity (Wildman–Crippen MR) is 91.4 cm³/mol. The molecule has 1 aromatic heterocycles. The number of urea groups is 1. The first kappa shape index (κ1) is 15.8. The summed E-state index contributed by atoms with van der Waals surface area (Å²) in [6.07, 6.45) is 3.47. The molecule has 0 unspecified atom stereocenters. The van der Waals surface area contributed by atoms with Gasteiger partial charge in [0.2, 0.25) is 0 Å². The SMILES string of the molecule is N#Cc1ccc(N2CCN(C(=O)NCc3cccnc3)CC2)cc1. The van der Waals surface area contributed by atoms with Crippen molar-refractivity contribution in [3.8, 4) is 6.07 Å². The summed E-state index contributed by atoms with van der Waals surface area (Å²) < 4.78 is 0. The summed E-state index contributed by atoms with van der Waals surface area (Å²) in [4.78, 5) is 20.3. The number of hydrogen-bond donors (Lipinski definition) is 1. The van der Waals surface area contributed by atoms with Gasteiger partial charge in [-0.2, -0.15) is 5.26 Å². The number of carbonyl (C=O) groups is 1. The Labute approximate surface area is 141 Å². The Hall–Kier alpha value is -3.07. The fourth-order valence-electron chi connectivity index (χ4n) is 2.71. The number of benzene rings is 1. The molecule has 1 N–H and O–H groups in total. The Morgan fingerprint density at radius 3 is 2.54 bits per heavy atom. The van der Waals surface area contributed by atoms with Crippen molar-refractivity contribution in [1.29, 1.82) is 5.26 Å². The Bertz CT molecular complexity index is 715. The van der Waals surface area contributed by atoms with E-state index in [1.165, 1.54) is 0 Å². The van der Waals surface area contributed by atoms with Crippen molar-refractivity contribution in [3.05, 3.63) is 59.9 Å². The van der Waals surface area contributed by atoms with Crippen LogP contribution in [0.3, 0.4) is 0 Å². The predicted octanol–water partition coefficient (Wildman–Crippen LogP) is 1.99. The van der Waals surface area contributed by atoms with Crippen LogP contribution in [-0.2, 0) is 6.54 Å². The number of nitriles is 1. The number of anilines is 1. The lowest BCUT2D eigenvalue weighted by Crippen LogP contribution is -2.51. The lowest BCUT2D eigenvalue weighted by atomic mass is 10.2. The van der Waals surface area contributed by atoms with Crippen molar-refractivity contribution in [2.24, 2.45) is 0 Å². The number of nitrogens with zero attached hydrogens (tertiary/aromatic N) is 4. The molecule has 122 valence electrons. The van der Waals surface area contributed by atoms with E-state index in [1.807, 2.05) is 41.3 Å². The molecule has 6 heteroatoms. The van der Waals surface area contributed by atoms with Crippen LogP contribution in [0.4, 0.5) is 10.5 Å². The van der Waals surface area contributed by atoms with Gasteiger partial charge in [0.15, 0.2) is 0 Å². The fraction of sp³-hybridized carbons (Fsp3) is 0.278. The molecular weight excluding hydrogens is 302 g/mol. The van der Waals surface area contributed by atoms with E-state index in [9.17, 15) is 4.79 Å². The minimum atomic E-state index is -0.0432. The summed E-state index contributed by atoms with van der Waals surface area (Å²) in [5.74, 6) is 0. The van der Waals surface area contributed by atoms with Crippen molar-refractivity contribution in [2.45, 2.75) is 6.54 Å². The van der Waals surface area contributed by atoms with Gasteiger partial charge < -0.3 is 15.1 Å². The van der Waals surface area contributed by atoms with Gasteiger partial charge in [0.1, 0.15) is 0 Å². The highest BCUT2D eigenvalue weighted by Crippen LogP contribution is 2.17. The summed E-state index contributed by atoms with van der Waals surface area (Å²) >= 11 is 0. The number of hydrogen-bond acceptors (Lipinski definition) is 4. The molecule has 1 aromatic carbocycles. The van der Waals surface area contributed by atoms with E-state index in [0.29, 0.717) is 25.2 Å². The Morgan fingerprint density at radius 2 is 1.92 bits per heavy atom. The summed E-state index contributed by atoms with van der Waals surface area (Å²) in [5.41, 5.74) is 2.73. The normalized spacial score (nSPS) is 14.1. The zero-order valence-electron chi connectivity index (χ0n) is 13.4. The van der Waals surface area contributed by atoms with E-state index in [2.05, 4.69) is 21.3 Å². The first-order valence-electron chi connectivity index (χ1n) is 7.93. The van der Waals surface area contributed by atoms with Gasteiger partial charge in [0, 0.05) is 50.8 Å². The average Bonchev–Trinajstić information content (AvgIpc) is 2.67. The molecule has 24 heavy (non-hydrogen) atoms. The summed E-state index contributed by atoms with van der Waals surface area (Å²) in [6, 6.07) is 13.4. The van der Waals surface area contributed by atoms with Crippen molar-refractivity contribution in [3.63, 3.8) is 0 Å². The molecule has 1 aliphatic rings. The monoisotopic (exact) mass is 321 g/mol. The van der Waals surface area contributed by atoms with Crippen molar-refractivity contribution in [1.82, 2.24) is 15.2 Å². The van der Waals surface area contributed by atoms with E-state index >= 15 is 0 Å². The van der Waals surface area contributed by atoms with Gasteiger partial charge in [-0.1, -0.05) is 6.07 Å². The van der Waals surface area contributed by atoms with Gasteiger partial charge in [-0.15, -0.1) is 0 Å². The van der Waals surface area contributed by atoms with Gasteiger partial charge >= 0.3 is 6.03 Å². The number of rotatable bonds is 3. The minimum absolute atomic E-state index is 0.0432. The highest BCUT2D eigenvalue weighted by Gasteiger charge is 2.21. The molecule has 0 bridgehead atoms. The van der Waals surface area contributed by atoms with Crippen LogP contribution < -0.4 is 10.2 Å². The molecule has 2 heterocycles. The standard InChI is InChI=1S/C18H19N5O/c19-12-15-3-5-17(6-4-15)22-8-10-23(11-9-22)18(24)21-14-16-2-1-7-20-13-16/h1-7,13H,8-11,14H2,(H,21,24). The Morgan fingerprint density at radius 1 is 1.17 bits per heavy atom. The van der Waals surface area contributed by atoms with E-state index in [4.69, 9.17) is 5.26 Å². The smallest absolute Gasteiger partial charge is 0.317 e. The molecule has 2 aromatic rings. The maximum Gasteiger partial charge on any atom is 0.317 e. The largest absolute Gasteiger partial charge is 0.368 e. The second-order valence-electron chi connectivity index (χ2n) is 5.65. The maximum absolute atomic E-state index is 12.2. The van der Waals surface area contributed by atoms with Crippen LogP contribution in [0.2, 0.25) is 0 Å². The number of pyridine rings is 1. The summed E-state index contributed by atoms with van der Waals surface area (Å²) in [5, 5.41) is 11.8. The molecule has 3 rings (SSSR count).